The Bertz CT molecular complexity index is 509. The summed E-state index contributed by atoms with van der Waals surface area (Å²) in [7, 11) is 1.89. The fourth-order valence-electron chi connectivity index (χ4n) is 2.03. The van der Waals surface area contributed by atoms with E-state index in [4.69, 9.17) is 10.2 Å². The highest BCUT2D eigenvalue weighted by atomic mass is 19.1. The molecule has 2 aromatic rings. The average Bonchev–Trinajstić information content (AvgIpc) is 2.80. The van der Waals surface area contributed by atoms with Gasteiger partial charge in [0.15, 0.2) is 0 Å². The first-order valence-electron chi connectivity index (χ1n) is 5.87. The highest BCUT2D eigenvalue weighted by Crippen LogP contribution is 2.28. The minimum absolute atomic E-state index is 0.270. The second-order valence-electron chi connectivity index (χ2n) is 4.40. The number of anilines is 1. The molecule has 3 nitrogen and oxygen atoms in total. The topological polar surface area (TPSA) is 42.4 Å². The largest absolute Gasteiger partial charge is 0.467 e. The van der Waals surface area contributed by atoms with Gasteiger partial charge in [0.2, 0.25) is 0 Å². The highest BCUT2D eigenvalue weighted by Gasteiger charge is 2.15. The van der Waals surface area contributed by atoms with Crippen molar-refractivity contribution in [3.8, 4) is 0 Å². The van der Waals surface area contributed by atoms with Gasteiger partial charge in [0.1, 0.15) is 11.6 Å². The summed E-state index contributed by atoms with van der Waals surface area (Å²) in [5.74, 6) is 0.561. The van der Waals surface area contributed by atoms with E-state index in [0.717, 1.165) is 11.4 Å². The Morgan fingerprint density at radius 1 is 1.33 bits per heavy atom. The Kier molecular flexibility index (Phi) is 3.67. The first-order valence-corrected chi connectivity index (χ1v) is 5.87. The van der Waals surface area contributed by atoms with Crippen LogP contribution in [0.2, 0.25) is 0 Å². The van der Waals surface area contributed by atoms with Crippen LogP contribution in [-0.2, 0) is 6.54 Å². The molecule has 0 fully saturated rings. The zero-order valence-electron chi connectivity index (χ0n) is 10.6. The van der Waals surface area contributed by atoms with Crippen LogP contribution in [0.3, 0.4) is 0 Å². The quantitative estimate of drug-likeness (QED) is 0.904. The predicted molar refractivity (Wildman–Crippen MR) is 69.8 cm³/mol. The van der Waals surface area contributed by atoms with E-state index in [-0.39, 0.29) is 11.9 Å². The standard InChI is InChI=1S/C14H17FN2O/c1-10(16)14-12(15)6-3-7-13(14)17(2)9-11-5-4-8-18-11/h3-8,10H,9,16H2,1-2H3/t10-/m0/s1. The number of hydrogen-bond donors (Lipinski definition) is 1. The van der Waals surface area contributed by atoms with Crippen molar-refractivity contribution < 1.29 is 8.81 Å². The second kappa shape index (κ2) is 5.23. The summed E-state index contributed by atoms with van der Waals surface area (Å²) in [6.45, 7) is 2.36. The normalized spacial score (nSPS) is 12.4. The van der Waals surface area contributed by atoms with Crippen LogP contribution in [0.5, 0.6) is 0 Å². The molecule has 0 amide bonds. The fraction of sp³-hybridized carbons (Fsp3) is 0.286. The summed E-state index contributed by atoms with van der Waals surface area (Å²) in [6.07, 6.45) is 1.63. The van der Waals surface area contributed by atoms with Gasteiger partial charge in [-0.15, -0.1) is 0 Å². The lowest BCUT2D eigenvalue weighted by Crippen LogP contribution is -2.20. The second-order valence-corrected chi connectivity index (χ2v) is 4.40. The van der Waals surface area contributed by atoms with Crippen LogP contribution in [0, 0.1) is 5.82 Å². The van der Waals surface area contributed by atoms with Crippen molar-refractivity contribution in [2.45, 2.75) is 19.5 Å². The zero-order valence-corrected chi connectivity index (χ0v) is 10.6. The van der Waals surface area contributed by atoms with Gasteiger partial charge in [0.25, 0.3) is 0 Å². The maximum Gasteiger partial charge on any atom is 0.130 e. The van der Waals surface area contributed by atoms with Crippen LogP contribution in [0.1, 0.15) is 24.3 Å². The molecule has 0 saturated heterocycles. The molecule has 1 atom stereocenters. The summed E-state index contributed by atoms with van der Waals surface area (Å²) in [4.78, 5) is 1.93. The first-order chi connectivity index (χ1) is 8.59. The van der Waals surface area contributed by atoms with Crippen LogP contribution in [0.15, 0.2) is 41.0 Å². The number of furan rings is 1. The van der Waals surface area contributed by atoms with Gasteiger partial charge in [-0.3, -0.25) is 0 Å². The lowest BCUT2D eigenvalue weighted by molar-refractivity contribution is 0.506. The molecule has 96 valence electrons. The van der Waals surface area contributed by atoms with Crippen molar-refractivity contribution in [3.05, 3.63) is 53.7 Å². The van der Waals surface area contributed by atoms with Crippen molar-refractivity contribution in [2.24, 2.45) is 5.73 Å². The average molecular weight is 248 g/mol. The molecule has 1 heterocycles. The molecular formula is C14H17FN2O. The Labute approximate surface area is 106 Å². The summed E-state index contributed by atoms with van der Waals surface area (Å²) < 4.78 is 19.1. The monoisotopic (exact) mass is 248 g/mol. The molecule has 0 unspecified atom stereocenters. The van der Waals surface area contributed by atoms with Crippen molar-refractivity contribution in [3.63, 3.8) is 0 Å². The number of benzene rings is 1. The first kappa shape index (κ1) is 12.6. The van der Waals surface area contributed by atoms with Crippen LogP contribution >= 0.6 is 0 Å². The minimum atomic E-state index is -0.347. The van der Waals surface area contributed by atoms with Crippen LogP contribution in [0.25, 0.3) is 0 Å². The Hall–Kier alpha value is -1.81. The van der Waals surface area contributed by atoms with Crippen molar-refractivity contribution in [2.75, 3.05) is 11.9 Å². The van der Waals surface area contributed by atoms with E-state index in [1.165, 1.54) is 6.07 Å². The number of nitrogens with zero attached hydrogens (tertiary/aromatic N) is 1. The van der Waals surface area contributed by atoms with Crippen LogP contribution < -0.4 is 10.6 Å². The van der Waals surface area contributed by atoms with E-state index >= 15 is 0 Å². The molecule has 0 aliphatic carbocycles. The number of nitrogens with two attached hydrogens (primary N) is 1. The molecular weight excluding hydrogens is 231 g/mol. The van der Waals surface area contributed by atoms with Crippen molar-refractivity contribution in [1.82, 2.24) is 0 Å². The lowest BCUT2D eigenvalue weighted by Gasteiger charge is -2.23. The fourth-order valence-corrected chi connectivity index (χ4v) is 2.03. The van der Waals surface area contributed by atoms with E-state index in [0.29, 0.717) is 12.1 Å². The molecule has 0 spiro atoms. The van der Waals surface area contributed by atoms with Gasteiger partial charge in [-0.1, -0.05) is 6.07 Å². The van der Waals surface area contributed by atoms with Crippen LogP contribution in [-0.4, -0.2) is 7.05 Å². The summed E-state index contributed by atoms with van der Waals surface area (Å²) in [6, 6.07) is 8.37. The van der Waals surface area contributed by atoms with Crippen molar-refractivity contribution in [1.29, 1.82) is 0 Å². The maximum absolute atomic E-state index is 13.8. The predicted octanol–water partition coefficient (Wildman–Crippen LogP) is 3.07. The van der Waals surface area contributed by atoms with Gasteiger partial charge in [-0.25, -0.2) is 4.39 Å². The third-order valence-electron chi connectivity index (χ3n) is 2.87. The SMILES string of the molecule is C[C@H](N)c1c(F)cccc1N(C)Cc1ccco1. The highest BCUT2D eigenvalue weighted by molar-refractivity contribution is 5.55. The molecule has 0 radical (unpaired) electrons. The van der Waals surface area contributed by atoms with Gasteiger partial charge in [-0.05, 0) is 31.2 Å². The van der Waals surface area contributed by atoms with Crippen LogP contribution in [0.4, 0.5) is 10.1 Å². The van der Waals surface area contributed by atoms with E-state index in [1.54, 1.807) is 19.3 Å². The van der Waals surface area contributed by atoms with Crippen molar-refractivity contribution >= 4 is 5.69 Å². The number of rotatable bonds is 4. The van der Waals surface area contributed by atoms with Gasteiger partial charge in [0.05, 0.1) is 12.8 Å². The summed E-state index contributed by atoms with van der Waals surface area (Å²) in [5.41, 5.74) is 7.16. The van der Waals surface area contributed by atoms with Gasteiger partial charge in [0, 0.05) is 24.3 Å². The smallest absolute Gasteiger partial charge is 0.130 e. The maximum atomic E-state index is 13.8. The molecule has 18 heavy (non-hydrogen) atoms. The van der Waals surface area contributed by atoms with Gasteiger partial charge < -0.3 is 15.1 Å². The third kappa shape index (κ3) is 2.54. The molecule has 0 aliphatic heterocycles. The Morgan fingerprint density at radius 3 is 2.72 bits per heavy atom. The Morgan fingerprint density at radius 2 is 2.11 bits per heavy atom. The summed E-state index contributed by atoms with van der Waals surface area (Å²) in [5, 5.41) is 0. The molecule has 0 saturated carbocycles. The zero-order chi connectivity index (χ0) is 13.1. The molecule has 4 heteroatoms. The number of halogens is 1. The van der Waals surface area contributed by atoms with E-state index in [2.05, 4.69) is 0 Å². The minimum Gasteiger partial charge on any atom is -0.467 e. The van der Waals surface area contributed by atoms with Gasteiger partial charge >= 0.3 is 0 Å². The Balaban J connectivity index is 2.29. The van der Waals surface area contributed by atoms with E-state index in [9.17, 15) is 4.39 Å². The molecule has 2 rings (SSSR count). The van der Waals surface area contributed by atoms with E-state index < -0.39 is 0 Å². The molecule has 1 aromatic carbocycles. The molecule has 1 aromatic heterocycles. The lowest BCUT2D eigenvalue weighted by atomic mass is 10.1. The molecule has 2 N–H and O–H groups in total. The van der Waals surface area contributed by atoms with E-state index in [1.807, 2.05) is 30.1 Å². The molecule has 0 aliphatic rings. The summed E-state index contributed by atoms with van der Waals surface area (Å²) >= 11 is 0. The van der Waals surface area contributed by atoms with Gasteiger partial charge in [-0.2, -0.15) is 0 Å². The number of hydrogen-bond acceptors (Lipinski definition) is 3. The molecule has 0 bridgehead atoms. The third-order valence-corrected chi connectivity index (χ3v) is 2.87.